The second-order valence-corrected chi connectivity index (χ2v) is 11.7. The lowest BCUT2D eigenvalue weighted by molar-refractivity contribution is 0.415. The quantitative estimate of drug-likeness (QED) is 0.404. The summed E-state index contributed by atoms with van der Waals surface area (Å²) >= 11 is 0. The third-order valence-corrected chi connectivity index (χ3v) is 8.15. The smallest absolute Gasteiger partial charge is 0.234 e. The Morgan fingerprint density at radius 2 is 1.61 bits per heavy atom. The summed E-state index contributed by atoms with van der Waals surface area (Å²) in [5.74, 6) is 0.619. The molecule has 3 rings (SSSR count). The van der Waals surface area contributed by atoms with Crippen molar-refractivity contribution in [3.63, 3.8) is 0 Å². The second-order valence-electron chi connectivity index (χ2n) is 7.82. The minimum atomic E-state index is -3.69. The molecule has 7 nitrogen and oxygen atoms in total. The van der Waals surface area contributed by atoms with Crippen molar-refractivity contribution in [2.45, 2.75) is 37.3 Å². The largest absolute Gasteiger partial charge is 0.497 e. The molecule has 0 amide bonds. The van der Waals surface area contributed by atoms with Crippen LogP contribution in [0.2, 0.25) is 0 Å². The van der Waals surface area contributed by atoms with Gasteiger partial charge in [0.15, 0.2) is 9.84 Å². The van der Waals surface area contributed by atoms with Gasteiger partial charge in [-0.2, -0.15) is 0 Å². The molecule has 0 bridgehead atoms. The lowest BCUT2D eigenvalue weighted by atomic mass is 10.0. The van der Waals surface area contributed by atoms with Crippen LogP contribution in [0, 0.1) is 6.92 Å². The van der Waals surface area contributed by atoms with Gasteiger partial charge < -0.3 is 9.15 Å². The number of methoxy groups -OCH3 is 1. The Hall–Kier alpha value is -2.78. The molecule has 0 atom stereocenters. The van der Waals surface area contributed by atoms with Gasteiger partial charge in [-0.05, 0) is 43.2 Å². The molecule has 178 valence electrons. The number of furan rings is 1. The first-order chi connectivity index (χ1) is 15.6. The zero-order valence-electron chi connectivity index (χ0n) is 19.2. The van der Waals surface area contributed by atoms with E-state index in [1.807, 2.05) is 6.92 Å². The number of rotatable bonds is 10. The molecule has 0 aliphatic rings. The molecule has 0 saturated heterocycles. The summed E-state index contributed by atoms with van der Waals surface area (Å²) in [4.78, 5) is 0.180. The lowest BCUT2D eigenvalue weighted by Gasteiger charge is -2.21. The molecular formula is C24H29NO6S2. The standard InChI is InChI=1S/C24H29NO6S2/c1-5-6-16-25(32(4,26)27)24-23(19-12-14-20(30-3)15-13-19)18(2)22(31-24)17-33(28,29)21-10-8-7-9-11-21/h7-15H,5-6,16-17H2,1-4H3. The number of anilines is 1. The molecule has 9 heteroatoms. The average Bonchev–Trinajstić information content (AvgIpc) is 3.08. The summed E-state index contributed by atoms with van der Waals surface area (Å²) < 4.78 is 63.9. The van der Waals surface area contributed by atoms with Gasteiger partial charge in [0.2, 0.25) is 15.9 Å². The highest BCUT2D eigenvalue weighted by molar-refractivity contribution is 7.92. The number of hydrogen-bond acceptors (Lipinski definition) is 6. The summed E-state index contributed by atoms with van der Waals surface area (Å²) in [7, 11) is -5.80. The third-order valence-electron chi connectivity index (χ3n) is 5.37. The summed E-state index contributed by atoms with van der Waals surface area (Å²) in [6.07, 6.45) is 2.55. The molecule has 1 aromatic heterocycles. The molecule has 0 spiro atoms. The van der Waals surface area contributed by atoms with Crippen molar-refractivity contribution < 1.29 is 26.0 Å². The molecule has 0 aliphatic heterocycles. The normalized spacial score (nSPS) is 12.0. The molecule has 33 heavy (non-hydrogen) atoms. The van der Waals surface area contributed by atoms with Crippen LogP contribution in [0.25, 0.3) is 11.1 Å². The maximum absolute atomic E-state index is 13.0. The second kappa shape index (κ2) is 10.0. The van der Waals surface area contributed by atoms with Crippen LogP contribution >= 0.6 is 0 Å². The molecule has 0 aliphatic carbocycles. The number of ether oxygens (including phenoxy) is 1. The van der Waals surface area contributed by atoms with E-state index in [1.54, 1.807) is 56.5 Å². The maximum atomic E-state index is 13.0. The van der Waals surface area contributed by atoms with Gasteiger partial charge in [-0.1, -0.05) is 43.7 Å². The van der Waals surface area contributed by atoms with Crippen molar-refractivity contribution in [1.82, 2.24) is 0 Å². The monoisotopic (exact) mass is 491 g/mol. The van der Waals surface area contributed by atoms with Gasteiger partial charge in [0.1, 0.15) is 17.3 Å². The van der Waals surface area contributed by atoms with Crippen molar-refractivity contribution in [2.24, 2.45) is 0 Å². The Kier molecular flexibility index (Phi) is 7.54. The van der Waals surface area contributed by atoms with Crippen LogP contribution in [0.3, 0.4) is 0 Å². The first kappa shape index (κ1) is 24.9. The highest BCUT2D eigenvalue weighted by atomic mass is 32.2. The van der Waals surface area contributed by atoms with Gasteiger partial charge in [-0.15, -0.1) is 0 Å². The van der Waals surface area contributed by atoms with E-state index in [0.717, 1.165) is 12.7 Å². The minimum absolute atomic E-state index is 0.131. The van der Waals surface area contributed by atoms with E-state index >= 15 is 0 Å². The van der Waals surface area contributed by atoms with E-state index in [0.29, 0.717) is 28.9 Å². The fourth-order valence-electron chi connectivity index (χ4n) is 3.56. The van der Waals surface area contributed by atoms with Crippen LogP contribution in [0.1, 0.15) is 31.1 Å². The number of unbranched alkanes of at least 4 members (excludes halogenated alkanes) is 1. The molecule has 0 fully saturated rings. The van der Waals surface area contributed by atoms with Gasteiger partial charge in [0.25, 0.3) is 0 Å². The third kappa shape index (κ3) is 5.59. The van der Waals surface area contributed by atoms with Crippen molar-refractivity contribution in [2.75, 3.05) is 24.2 Å². The predicted octanol–water partition coefficient (Wildman–Crippen LogP) is 4.80. The van der Waals surface area contributed by atoms with E-state index in [2.05, 4.69) is 0 Å². The van der Waals surface area contributed by atoms with Crippen LogP contribution in [0.5, 0.6) is 5.75 Å². The first-order valence-electron chi connectivity index (χ1n) is 10.6. The first-order valence-corrected chi connectivity index (χ1v) is 14.1. The van der Waals surface area contributed by atoms with Crippen molar-refractivity contribution in [3.8, 4) is 16.9 Å². The number of hydrogen-bond donors (Lipinski definition) is 0. The van der Waals surface area contributed by atoms with E-state index in [-0.39, 0.29) is 28.8 Å². The van der Waals surface area contributed by atoms with Gasteiger partial charge >= 0.3 is 0 Å². The Labute approximate surface area is 196 Å². The molecule has 0 unspecified atom stereocenters. The fourth-order valence-corrected chi connectivity index (χ4v) is 5.81. The molecule has 0 N–H and O–H groups in total. The van der Waals surface area contributed by atoms with E-state index < -0.39 is 19.9 Å². The highest BCUT2D eigenvalue weighted by Crippen LogP contribution is 2.41. The molecule has 3 aromatic rings. The summed E-state index contributed by atoms with van der Waals surface area (Å²) in [5.41, 5.74) is 1.85. The SMILES string of the molecule is CCCCN(c1oc(CS(=O)(=O)c2ccccc2)c(C)c1-c1ccc(OC)cc1)S(C)(=O)=O. The van der Waals surface area contributed by atoms with Crippen LogP contribution in [0.4, 0.5) is 5.88 Å². The fraction of sp³-hybridized carbons (Fsp3) is 0.333. The Balaban J connectivity index is 2.18. The summed E-state index contributed by atoms with van der Waals surface area (Å²) in [5, 5.41) is 0. The van der Waals surface area contributed by atoms with Crippen molar-refractivity contribution in [3.05, 3.63) is 65.9 Å². The molecule has 2 aromatic carbocycles. The van der Waals surface area contributed by atoms with Crippen LogP contribution < -0.4 is 9.04 Å². The van der Waals surface area contributed by atoms with Gasteiger partial charge in [0.05, 0.1) is 18.3 Å². The Morgan fingerprint density at radius 1 is 0.970 bits per heavy atom. The van der Waals surface area contributed by atoms with Crippen molar-refractivity contribution >= 4 is 25.7 Å². The zero-order valence-corrected chi connectivity index (χ0v) is 20.9. The predicted molar refractivity (Wildman–Crippen MR) is 130 cm³/mol. The Bertz CT molecular complexity index is 1290. The van der Waals surface area contributed by atoms with Crippen molar-refractivity contribution in [1.29, 1.82) is 0 Å². The number of sulfonamides is 1. The zero-order chi connectivity index (χ0) is 24.2. The number of benzene rings is 2. The van der Waals surface area contributed by atoms with Crippen LogP contribution in [-0.4, -0.2) is 36.7 Å². The molecular weight excluding hydrogens is 462 g/mol. The summed E-state index contributed by atoms with van der Waals surface area (Å²) in [6.45, 7) is 3.95. The van der Waals surface area contributed by atoms with E-state index in [1.165, 1.54) is 16.4 Å². The van der Waals surface area contributed by atoms with Gasteiger partial charge in [-0.25, -0.2) is 21.1 Å². The molecule has 1 heterocycles. The van der Waals surface area contributed by atoms with Crippen LogP contribution in [-0.2, 0) is 25.6 Å². The number of sulfone groups is 1. The topological polar surface area (TPSA) is 93.9 Å². The van der Waals surface area contributed by atoms with Crippen LogP contribution in [0.15, 0.2) is 63.9 Å². The number of nitrogens with zero attached hydrogens (tertiary/aromatic N) is 1. The molecule has 0 radical (unpaired) electrons. The summed E-state index contributed by atoms with van der Waals surface area (Å²) in [6, 6.07) is 15.3. The Morgan fingerprint density at radius 3 is 2.15 bits per heavy atom. The average molecular weight is 492 g/mol. The lowest BCUT2D eigenvalue weighted by Crippen LogP contribution is -2.31. The van der Waals surface area contributed by atoms with Gasteiger partial charge in [0, 0.05) is 17.7 Å². The molecule has 0 saturated carbocycles. The maximum Gasteiger partial charge on any atom is 0.234 e. The minimum Gasteiger partial charge on any atom is -0.497 e. The van der Waals surface area contributed by atoms with Gasteiger partial charge in [-0.3, -0.25) is 0 Å². The highest BCUT2D eigenvalue weighted by Gasteiger charge is 2.30. The van der Waals surface area contributed by atoms with E-state index in [4.69, 9.17) is 9.15 Å². The van der Waals surface area contributed by atoms with E-state index in [9.17, 15) is 16.8 Å².